The van der Waals surface area contributed by atoms with Crippen LogP contribution in [0.2, 0.25) is 0 Å². The molecule has 0 spiro atoms. The van der Waals surface area contributed by atoms with Crippen LogP contribution >= 0.6 is 0 Å². The molecule has 0 aliphatic heterocycles. The zero-order chi connectivity index (χ0) is 12.0. The molecule has 3 N–H and O–H groups in total. The second kappa shape index (κ2) is 6.83. The van der Waals surface area contributed by atoms with Crippen molar-refractivity contribution < 1.29 is 14.3 Å². The highest BCUT2D eigenvalue weighted by Gasteiger charge is 2.26. The van der Waals surface area contributed by atoms with Gasteiger partial charge >= 0.3 is 0 Å². The summed E-state index contributed by atoms with van der Waals surface area (Å²) in [7, 11) is 1.60. The molecule has 1 amide bonds. The second-order valence-electron chi connectivity index (χ2n) is 4.26. The van der Waals surface area contributed by atoms with E-state index in [4.69, 9.17) is 15.2 Å². The number of rotatable bonds is 6. The Balaban J connectivity index is 2.18. The van der Waals surface area contributed by atoms with Crippen LogP contribution in [0.5, 0.6) is 0 Å². The van der Waals surface area contributed by atoms with E-state index in [0.29, 0.717) is 13.2 Å². The fourth-order valence-electron chi connectivity index (χ4n) is 1.87. The van der Waals surface area contributed by atoms with Crippen molar-refractivity contribution in [1.29, 1.82) is 0 Å². The van der Waals surface area contributed by atoms with E-state index in [1.807, 2.05) is 0 Å². The van der Waals surface area contributed by atoms with Crippen LogP contribution in [0.1, 0.15) is 26.2 Å². The topological polar surface area (TPSA) is 73.6 Å². The first kappa shape index (κ1) is 13.4. The van der Waals surface area contributed by atoms with Gasteiger partial charge in [0.1, 0.15) is 6.10 Å². The first-order valence-electron chi connectivity index (χ1n) is 5.81. The van der Waals surface area contributed by atoms with E-state index in [2.05, 4.69) is 5.32 Å². The Morgan fingerprint density at radius 2 is 2.31 bits per heavy atom. The van der Waals surface area contributed by atoms with Crippen LogP contribution in [0, 0.1) is 0 Å². The lowest BCUT2D eigenvalue weighted by atomic mass is 10.2. The Morgan fingerprint density at radius 1 is 1.56 bits per heavy atom. The number of hydrogen-bond donors (Lipinski definition) is 2. The van der Waals surface area contributed by atoms with Crippen molar-refractivity contribution in [1.82, 2.24) is 5.32 Å². The van der Waals surface area contributed by atoms with Crippen molar-refractivity contribution in [3.63, 3.8) is 0 Å². The lowest BCUT2D eigenvalue weighted by Crippen LogP contribution is -2.38. The number of hydrogen-bond acceptors (Lipinski definition) is 4. The molecule has 3 atom stereocenters. The van der Waals surface area contributed by atoms with Crippen LogP contribution in [0.4, 0.5) is 0 Å². The standard InChI is InChI=1S/C11H22N2O3/c1-8(11(14)13-5-6-15-2)16-10-4-3-9(12)7-10/h8-10H,3-7,12H2,1-2H3,(H,13,14). The third-order valence-corrected chi connectivity index (χ3v) is 2.80. The number of amides is 1. The summed E-state index contributed by atoms with van der Waals surface area (Å²) in [4.78, 5) is 11.6. The molecule has 0 aromatic heterocycles. The summed E-state index contributed by atoms with van der Waals surface area (Å²) < 4.78 is 10.5. The van der Waals surface area contributed by atoms with Crippen molar-refractivity contribution in [2.75, 3.05) is 20.3 Å². The number of carbonyl (C=O) groups is 1. The molecule has 3 unspecified atom stereocenters. The first-order chi connectivity index (χ1) is 7.63. The molecule has 5 nitrogen and oxygen atoms in total. The minimum atomic E-state index is -0.410. The largest absolute Gasteiger partial charge is 0.383 e. The van der Waals surface area contributed by atoms with Crippen molar-refractivity contribution in [3.8, 4) is 0 Å². The van der Waals surface area contributed by atoms with Crippen molar-refractivity contribution in [2.24, 2.45) is 5.73 Å². The number of nitrogens with two attached hydrogens (primary N) is 1. The minimum absolute atomic E-state index is 0.0856. The molecule has 16 heavy (non-hydrogen) atoms. The summed E-state index contributed by atoms with van der Waals surface area (Å²) in [6.45, 7) is 2.81. The van der Waals surface area contributed by atoms with Crippen LogP contribution in [0.15, 0.2) is 0 Å². The maximum absolute atomic E-state index is 11.6. The van der Waals surface area contributed by atoms with Gasteiger partial charge in [0.2, 0.25) is 5.91 Å². The molecule has 94 valence electrons. The normalized spacial score (nSPS) is 26.7. The van der Waals surface area contributed by atoms with Gasteiger partial charge in [-0.2, -0.15) is 0 Å². The zero-order valence-corrected chi connectivity index (χ0v) is 10.1. The Labute approximate surface area is 96.7 Å². The van der Waals surface area contributed by atoms with E-state index in [9.17, 15) is 4.79 Å². The van der Waals surface area contributed by atoms with E-state index >= 15 is 0 Å². The summed E-state index contributed by atoms with van der Waals surface area (Å²) in [5.74, 6) is -0.0856. The summed E-state index contributed by atoms with van der Waals surface area (Å²) in [5, 5.41) is 2.75. The van der Waals surface area contributed by atoms with Gasteiger partial charge in [0.25, 0.3) is 0 Å². The Bertz CT molecular complexity index is 223. The third kappa shape index (κ3) is 4.47. The molecular weight excluding hydrogens is 208 g/mol. The fourth-order valence-corrected chi connectivity index (χ4v) is 1.87. The molecule has 1 fully saturated rings. The predicted octanol–water partition coefficient (Wildman–Crippen LogP) is 0.0339. The van der Waals surface area contributed by atoms with Gasteiger partial charge in [0.15, 0.2) is 0 Å². The highest BCUT2D eigenvalue weighted by Crippen LogP contribution is 2.21. The SMILES string of the molecule is COCCNC(=O)C(C)OC1CCC(N)C1. The van der Waals surface area contributed by atoms with Gasteiger partial charge in [-0.3, -0.25) is 4.79 Å². The molecular formula is C11H22N2O3. The van der Waals surface area contributed by atoms with Crippen LogP contribution in [0.3, 0.4) is 0 Å². The summed E-state index contributed by atoms with van der Waals surface area (Å²) in [5.41, 5.74) is 5.78. The molecule has 5 heteroatoms. The van der Waals surface area contributed by atoms with Crippen molar-refractivity contribution >= 4 is 5.91 Å². The maximum atomic E-state index is 11.6. The van der Waals surface area contributed by atoms with Gasteiger partial charge in [0, 0.05) is 19.7 Å². The van der Waals surface area contributed by atoms with E-state index in [1.165, 1.54) is 0 Å². The van der Waals surface area contributed by atoms with Crippen LogP contribution in [-0.2, 0) is 14.3 Å². The quantitative estimate of drug-likeness (QED) is 0.632. The van der Waals surface area contributed by atoms with Crippen LogP contribution < -0.4 is 11.1 Å². The molecule has 0 saturated heterocycles. The minimum Gasteiger partial charge on any atom is -0.383 e. The zero-order valence-electron chi connectivity index (χ0n) is 10.1. The van der Waals surface area contributed by atoms with E-state index < -0.39 is 6.10 Å². The molecule has 0 radical (unpaired) electrons. The summed E-state index contributed by atoms with van der Waals surface area (Å²) in [6, 6.07) is 0.230. The smallest absolute Gasteiger partial charge is 0.248 e. The number of nitrogens with one attached hydrogen (secondary N) is 1. The van der Waals surface area contributed by atoms with E-state index in [1.54, 1.807) is 14.0 Å². The van der Waals surface area contributed by atoms with Crippen molar-refractivity contribution in [2.45, 2.75) is 44.4 Å². The number of methoxy groups -OCH3 is 1. The molecule has 0 heterocycles. The molecule has 1 aliphatic rings. The van der Waals surface area contributed by atoms with Crippen LogP contribution in [-0.4, -0.2) is 44.4 Å². The average molecular weight is 230 g/mol. The average Bonchev–Trinajstić information content (AvgIpc) is 2.64. The van der Waals surface area contributed by atoms with Gasteiger partial charge in [0.05, 0.1) is 12.7 Å². The molecule has 0 bridgehead atoms. The third-order valence-electron chi connectivity index (χ3n) is 2.80. The van der Waals surface area contributed by atoms with Gasteiger partial charge in [-0.15, -0.1) is 0 Å². The molecule has 0 aromatic carbocycles. The Morgan fingerprint density at radius 3 is 2.88 bits per heavy atom. The molecule has 1 saturated carbocycles. The first-order valence-corrected chi connectivity index (χ1v) is 5.81. The van der Waals surface area contributed by atoms with Gasteiger partial charge in [-0.1, -0.05) is 0 Å². The number of carbonyl (C=O) groups excluding carboxylic acids is 1. The lowest BCUT2D eigenvalue weighted by Gasteiger charge is -2.18. The highest BCUT2D eigenvalue weighted by molar-refractivity contribution is 5.80. The van der Waals surface area contributed by atoms with Gasteiger partial charge in [-0.25, -0.2) is 0 Å². The molecule has 1 rings (SSSR count). The number of ether oxygens (including phenoxy) is 2. The Hall–Kier alpha value is -0.650. The van der Waals surface area contributed by atoms with Crippen molar-refractivity contribution in [3.05, 3.63) is 0 Å². The van der Waals surface area contributed by atoms with E-state index in [-0.39, 0.29) is 18.1 Å². The Kier molecular flexibility index (Phi) is 5.73. The lowest BCUT2D eigenvalue weighted by molar-refractivity contribution is -0.135. The molecule has 0 aromatic rings. The summed E-state index contributed by atoms with van der Waals surface area (Å²) >= 11 is 0. The second-order valence-corrected chi connectivity index (χ2v) is 4.26. The fraction of sp³-hybridized carbons (Fsp3) is 0.909. The maximum Gasteiger partial charge on any atom is 0.248 e. The highest BCUT2D eigenvalue weighted by atomic mass is 16.5. The van der Waals surface area contributed by atoms with Gasteiger partial charge in [-0.05, 0) is 26.2 Å². The summed E-state index contributed by atoms with van der Waals surface area (Å²) in [6.07, 6.45) is 2.53. The monoisotopic (exact) mass is 230 g/mol. The van der Waals surface area contributed by atoms with Gasteiger partial charge < -0.3 is 20.5 Å². The van der Waals surface area contributed by atoms with Crippen LogP contribution in [0.25, 0.3) is 0 Å². The predicted molar refractivity (Wildman–Crippen MR) is 61.0 cm³/mol. The molecule has 1 aliphatic carbocycles. The van der Waals surface area contributed by atoms with E-state index in [0.717, 1.165) is 19.3 Å².